The van der Waals surface area contributed by atoms with Gasteiger partial charge in [-0.1, -0.05) is 29.8 Å². The highest BCUT2D eigenvalue weighted by Crippen LogP contribution is 2.26. The highest BCUT2D eigenvalue weighted by Gasteiger charge is 2.22. The van der Waals surface area contributed by atoms with Crippen LogP contribution in [0.15, 0.2) is 41.1 Å². The fourth-order valence-corrected chi connectivity index (χ4v) is 3.01. The van der Waals surface area contributed by atoms with Crippen LogP contribution in [0, 0.1) is 0 Å². The quantitative estimate of drug-likeness (QED) is 0.793. The van der Waals surface area contributed by atoms with Gasteiger partial charge in [-0.05, 0) is 36.9 Å². The van der Waals surface area contributed by atoms with Gasteiger partial charge in [-0.25, -0.2) is 0 Å². The third kappa shape index (κ3) is 5.08. The SMILES string of the molecule is CC(C)OC(=O)C[C@H](NC(=O)c1ccsc1)c1ccccc1Cl. The molecule has 1 aromatic carbocycles. The first kappa shape index (κ1) is 17.5. The summed E-state index contributed by atoms with van der Waals surface area (Å²) in [5.41, 5.74) is 1.25. The van der Waals surface area contributed by atoms with Gasteiger partial charge < -0.3 is 10.1 Å². The molecule has 122 valence electrons. The number of nitrogens with one attached hydrogen (secondary N) is 1. The number of halogens is 1. The van der Waals surface area contributed by atoms with Crippen LogP contribution in [-0.2, 0) is 9.53 Å². The first-order valence-electron chi connectivity index (χ1n) is 7.24. The molecular weight excluding hydrogens is 334 g/mol. The Bertz CT molecular complexity index is 670. The van der Waals surface area contributed by atoms with E-state index in [0.29, 0.717) is 16.1 Å². The fourth-order valence-electron chi connectivity index (χ4n) is 2.11. The van der Waals surface area contributed by atoms with Crippen LogP contribution >= 0.6 is 22.9 Å². The Kier molecular flexibility index (Phi) is 6.19. The zero-order chi connectivity index (χ0) is 16.8. The summed E-state index contributed by atoms with van der Waals surface area (Å²) in [5.74, 6) is -0.621. The van der Waals surface area contributed by atoms with E-state index in [0.717, 1.165) is 0 Å². The van der Waals surface area contributed by atoms with Crippen molar-refractivity contribution in [1.29, 1.82) is 0 Å². The number of ether oxygens (including phenoxy) is 1. The van der Waals surface area contributed by atoms with E-state index in [9.17, 15) is 9.59 Å². The van der Waals surface area contributed by atoms with Crippen molar-refractivity contribution < 1.29 is 14.3 Å². The standard InChI is InChI=1S/C17H18ClNO3S/c1-11(2)22-16(20)9-15(13-5-3-4-6-14(13)18)19-17(21)12-7-8-23-10-12/h3-8,10-11,15H,9H2,1-2H3,(H,19,21)/t15-/m0/s1. The van der Waals surface area contributed by atoms with E-state index in [1.165, 1.54) is 11.3 Å². The van der Waals surface area contributed by atoms with Crippen LogP contribution in [0.3, 0.4) is 0 Å². The maximum Gasteiger partial charge on any atom is 0.308 e. The summed E-state index contributed by atoms with van der Waals surface area (Å²) in [5, 5.41) is 6.94. The fraction of sp³-hybridized carbons (Fsp3) is 0.294. The van der Waals surface area contributed by atoms with Crippen molar-refractivity contribution in [2.45, 2.75) is 32.4 Å². The molecule has 0 radical (unpaired) electrons. The third-order valence-corrected chi connectivity index (χ3v) is 4.13. The molecule has 1 atom stereocenters. The van der Waals surface area contributed by atoms with Crippen molar-refractivity contribution in [2.75, 3.05) is 0 Å². The number of hydrogen-bond donors (Lipinski definition) is 1. The van der Waals surface area contributed by atoms with Crippen molar-refractivity contribution in [3.8, 4) is 0 Å². The summed E-state index contributed by atoms with van der Waals surface area (Å²) in [6, 6.07) is 8.34. The first-order valence-corrected chi connectivity index (χ1v) is 8.56. The highest BCUT2D eigenvalue weighted by atomic mass is 35.5. The summed E-state index contributed by atoms with van der Waals surface area (Å²) >= 11 is 7.65. The number of thiophene rings is 1. The topological polar surface area (TPSA) is 55.4 Å². The van der Waals surface area contributed by atoms with Gasteiger partial charge >= 0.3 is 5.97 Å². The lowest BCUT2D eigenvalue weighted by Gasteiger charge is -2.20. The van der Waals surface area contributed by atoms with E-state index in [4.69, 9.17) is 16.3 Å². The van der Waals surface area contributed by atoms with Crippen LogP contribution in [0.5, 0.6) is 0 Å². The normalized spacial score (nSPS) is 12.0. The Morgan fingerprint density at radius 3 is 2.61 bits per heavy atom. The number of amides is 1. The first-order chi connectivity index (χ1) is 11.0. The lowest BCUT2D eigenvalue weighted by Crippen LogP contribution is -2.31. The van der Waals surface area contributed by atoms with Gasteiger partial charge in [0.1, 0.15) is 0 Å². The number of carbonyl (C=O) groups is 2. The minimum Gasteiger partial charge on any atom is -0.463 e. The Morgan fingerprint density at radius 1 is 1.26 bits per heavy atom. The molecule has 1 aromatic heterocycles. The van der Waals surface area contributed by atoms with Crippen LogP contribution in [0.1, 0.15) is 42.2 Å². The van der Waals surface area contributed by atoms with Gasteiger partial charge in [0.05, 0.1) is 24.1 Å². The molecule has 0 bridgehead atoms. The molecule has 0 spiro atoms. The molecule has 4 nitrogen and oxygen atoms in total. The highest BCUT2D eigenvalue weighted by molar-refractivity contribution is 7.08. The Hall–Kier alpha value is -1.85. The van der Waals surface area contributed by atoms with Gasteiger partial charge in [0.15, 0.2) is 0 Å². The zero-order valence-corrected chi connectivity index (χ0v) is 14.5. The van der Waals surface area contributed by atoms with Gasteiger partial charge in [-0.15, -0.1) is 0 Å². The molecule has 2 rings (SSSR count). The maximum atomic E-state index is 12.3. The van der Waals surface area contributed by atoms with E-state index in [-0.39, 0.29) is 24.4 Å². The lowest BCUT2D eigenvalue weighted by molar-refractivity contribution is -0.147. The van der Waals surface area contributed by atoms with Crippen molar-refractivity contribution in [3.63, 3.8) is 0 Å². The second kappa shape index (κ2) is 8.13. The largest absolute Gasteiger partial charge is 0.463 e. The molecule has 1 N–H and O–H groups in total. The third-order valence-electron chi connectivity index (χ3n) is 3.11. The molecule has 0 aliphatic rings. The summed E-state index contributed by atoms with van der Waals surface area (Å²) in [6.07, 6.45) is -0.181. The van der Waals surface area contributed by atoms with Gasteiger partial charge in [0.2, 0.25) is 0 Å². The summed E-state index contributed by atoms with van der Waals surface area (Å²) in [4.78, 5) is 24.3. The molecule has 1 heterocycles. The van der Waals surface area contributed by atoms with Crippen LogP contribution in [-0.4, -0.2) is 18.0 Å². The van der Waals surface area contributed by atoms with Crippen molar-refractivity contribution >= 4 is 34.8 Å². The molecule has 23 heavy (non-hydrogen) atoms. The molecule has 0 unspecified atom stereocenters. The van der Waals surface area contributed by atoms with E-state index in [1.54, 1.807) is 43.5 Å². The summed E-state index contributed by atoms with van der Waals surface area (Å²) in [7, 11) is 0. The molecule has 0 saturated carbocycles. The molecule has 0 saturated heterocycles. The zero-order valence-electron chi connectivity index (χ0n) is 12.9. The van der Waals surface area contributed by atoms with Crippen LogP contribution < -0.4 is 5.32 Å². The number of rotatable bonds is 6. The van der Waals surface area contributed by atoms with Gasteiger partial charge in [0, 0.05) is 10.4 Å². The van der Waals surface area contributed by atoms with Crippen molar-refractivity contribution in [2.24, 2.45) is 0 Å². The molecule has 0 aliphatic heterocycles. The van der Waals surface area contributed by atoms with Crippen molar-refractivity contribution in [3.05, 3.63) is 57.2 Å². The van der Waals surface area contributed by atoms with Gasteiger partial charge in [-0.3, -0.25) is 9.59 Å². The second-order valence-corrected chi connectivity index (χ2v) is 6.49. The molecule has 0 fully saturated rings. The number of carbonyl (C=O) groups excluding carboxylic acids is 2. The van der Waals surface area contributed by atoms with E-state index in [1.807, 2.05) is 11.4 Å². The van der Waals surface area contributed by atoms with Crippen LogP contribution in [0.25, 0.3) is 0 Å². The monoisotopic (exact) mass is 351 g/mol. The predicted molar refractivity (Wildman–Crippen MR) is 91.8 cm³/mol. The summed E-state index contributed by atoms with van der Waals surface area (Å²) < 4.78 is 5.18. The van der Waals surface area contributed by atoms with Crippen molar-refractivity contribution in [1.82, 2.24) is 5.32 Å². The average molecular weight is 352 g/mol. The van der Waals surface area contributed by atoms with E-state index in [2.05, 4.69) is 5.32 Å². The number of hydrogen-bond acceptors (Lipinski definition) is 4. The van der Waals surface area contributed by atoms with Crippen LogP contribution in [0.4, 0.5) is 0 Å². The number of benzene rings is 1. The lowest BCUT2D eigenvalue weighted by atomic mass is 10.0. The Labute approximate surface area is 144 Å². The van der Waals surface area contributed by atoms with E-state index < -0.39 is 6.04 Å². The molecular formula is C17H18ClNO3S. The maximum absolute atomic E-state index is 12.3. The van der Waals surface area contributed by atoms with Gasteiger partial charge in [-0.2, -0.15) is 11.3 Å². The smallest absolute Gasteiger partial charge is 0.308 e. The molecule has 1 amide bonds. The van der Waals surface area contributed by atoms with E-state index >= 15 is 0 Å². The number of esters is 1. The molecule has 6 heteroatoms. The predicted octanol–water partition coefficient (Wildman–Crippen LogP) is 4.21. The molecule has 2 aromatic rings. The minimum atomic E-state index is -0.539. The summed E-state index contributed by atoms with van der Waals surface area (Å²) in [6.45, 7) is 3.57. The Balaban J connectivity index is 2.19. The van der Waals surface area contributed by atoms with Crippen LogP contribution in [0.2, 0.25) is 5.02 Å². The molecule has 0 aliphatic carbocycles. The Morgan fingerprint density at radius 2 is 2.00 bits per heavy atom. The second-order valence-electron chi connectivity index (χ2n) is 5.30. The van der Waals surface area contributed by atoms with Gasteiger partial charge in [0.25, 0.3) is 5.91 Å². The minimum absolute atomic E-state index is 0.0256. The average Bonchev–Trinajstić information content (AvgIpc) is 3.00.